The van der Waals surface area contributed by atoms with Gasteiger partial charge in [-0.15, -0.1) is 16.4 Å². The van der Waals surface area contributed by atoms with Gasteiger partial charge in [0.2, 0.25) is 4.96 Å². The van der Waals surface area contributed by atoms with E-state index in [1.165, 1.54) is 15.9 Å². The third-order valence-corrected chi connectivity index (χ3v) is 5.40. The molecule has 0 radical (unpaired) electrons. The number of nitrogens with zero attached hydrogens (tertiary/aromatic N) is 3. The lowest BCUT2D eigenvalue weighted by Crippen LogP contribution is -2.23. The van der Waals surface area contributed by atoms with Crippen molar-refractivity contribution in [2.75, 3.05) is 6.61 Å². The molecule has 3 aromatic heterocycles. The fourth-order valence-corrected chi connectivity index (χ4v) is 3.94. The maximum Gasteiger partial charge on any atom is 0.291 e. The molecule has 3 heterocycles. The predicted molar refractivity (Wildman–Crippen MR) is 101 cm³/mol. The molecule has 0 amide bonds. The standard InChI is InChI=1S/C18H15N3O2S2/c1-2-9-23-13-7-5-12(6-8-13)11-15-17(22)21-18(25-15)19-16(20-21)14-4-3-10-24-14/h3-8,10-11H,2,9H2,1H3/b15-11+. The van der Waals surface area contributed by atoms with E-state index in [9.17, 15) is 4.79 Å². The van der Waals surface area contributed by atoms with E-state index >= 15 is 0 Å². The second-order valence-corrected chi connectivity index (χ2v) is 7.40. The molecule has 0 atom stereocenters. The number of benzene rings is 1. The van der Waals surface area contributed by atoms with E-state index in [0.29, 0.717) is 21.9 Å². The number of ether oxygens (including phenoxy) is 1. The van der Waals surface area contributed by atoms with Crippen LogP contribution in [-0.4, -0.2) is 21.2 Å². The normalized spacial score (nSPS) is 12.1. The average Bonchev–Trinajstić information content (AvgIpc) is 3.33. The van der Waals surface area contributed by atoms with Gasteiger partial charge in [0.25, 0.3) is 5.56 Å². The van der Waals surface area contributed by atoms with E-state index in [0.717, 1.165) is 22.6 Å². The summed E-state index contributed by atoms with van der Waals surface area (Å²) in [6, 6.07) is 11.6. The van der Waals surface area contributed by atoms with Gasteiger partial charge < -0.3 is 4.74 Å². The van der Waals surface area contributed by atoms with Crippen LogP contribution in [0.1, 0.15) is 18.9 Å². The Labute approximate surface area is 151 Å². The Morgan fingerprint density at radius 1 is 1.24 bits per heavy atom. The van der Waals surface area contributed by atoms with Crippen LogP contribution in [0.2, 0.25) is 0 Å². The highest BCUT2D eigenvalue weighted by Crippen LogP contribution is 2.21. The van der Waals surface area contributed by atoms with Crippen LogP contribution in [0.25, 0.3) is 21.7 Å². The summed E-state index contributed by atoms with van der Waals surface area (Å²) >= 11 is 2.91. The molecule has 4 aromatic rings. The molecule has 0 aliphatic heterocycles. The molecule has 0 spiro atoms. The van der Waals surface area contributed by atoms with E-state index in [1.54, 1.807) is 11.3 Å². The van der Waals surface area contributed by atoms with Crippen molar-refractivity contribution < 1.29 is 4.74 Å². The summed E-state index contributed by atoms with van der Waals surface area (Å²) in [6.07, 6.45) is 2.83. The number of hydrogen-bond donors (Lipinski definition) is 0. The predicted octanol–water partition coefficient (Wildman–Crippen LogP) is 3.22. The highest BCUT2D eigenvalue weighted by Gasteiger charge is 2.12. The molecule has 25 heavy (non-hydrogen) atoms. The van der Waals surface area contributed by atoms with E-state index in [-0.39, 0.29) is 5.56 Å². The summed E-state index contributed by atoms with van der Waals surface area (Å²) in [7, 11) is 0. The molecule has 0 fully saturated rings. The molecule has 4 rings (SSSR count). The van der Waals surface area contributed by atoms with Crippen molar-refractivity contribution in [3.8, 4) is 16.5 Å². The smallest absolute Gasteiger partial charge is 0.291 e. The number of aromatic nitrogens is 3. The highest BCUT2D eigenvalue weighted by molar-refractivity contribution is 7.15. The summed E-state index contributed by atoms with van der Waals surface area (Å²) < 4.78 is 7.57. The average molecular weight is 369 g/mol. The van der Waals surface area contributed by atoms with Gasteiger partial charge >= 0.3 is 0 Å². The lowest BCUT2D eigenvalue weighted by Gasteiger charge is -2.03. The Morgan fingerprint density at radius 2 is 2.08 bits per heavy atom. The minimum atomic E-state index is -0.137. The van der Waals surface area contributed by atoms with E-state index in [4.69, 9.17) is 4.74 Å². The van der Waals surface area contributed by atoms with Crippen LogP contribution >= 0.6 is 22.7 Å². The Bertz CT molecular complexity index is 1100. The summed E-state index contributed by atoms with van der Waals surface area (Å²) in [5.74, 6) is 1.44. The summed E-state index contributed by atoms with van der Waals surface area (Å²) in [4.78, 5) is 18.6. The zero-order valence-corrected chi connectivity index (χ0v) is 15.1. The van der Waals surface area contributed by atoms with Gasteiger partial charge in [-0.1, -0.05) is 36.5 Å². The van der Waals surface area contributed by atoms with Crippen LogP contribution in [0.5, 0.6) is 5.75 Å². The van der Waals surface area contributed by atoms with E-state index < -0.39 is 0 Å². The number of thiazole rings is 1. The molecule has 0 saturated heterocycles. The van der Waals surface area contributed by atoms with Crippen molar-refractivity contribution >= 4 is 33.7 Å². The third-order valence-electron chi connectivity index (χ3n) is 3.57. The van der Waals surface area contributed by atoms with Crippen LogP contribution in [0.15, 0.2) is 46.6 Å². The van der Waals surface area contributed by atoms with Crippen LogP contribution in [0.3, 0.4) is 0 Å². The van der Waals surface area contributed by atoms with Crippen LogP contribution in [0.4, 0.5) is 0 Å². The topological polar surface area (TPSA) is 56.5 Å². The first-order chi connectivity index (χ1) is 12.2. The molecule has 0 aliphatic carbocycles. The fraction of sp³-hybridized carbons (Fsp3) is 0.167. The molecular weight excluding hydrogens is 354 g/mol. The number of rotatable bonds is 5. The van der Waals surface area contributed by atoms with Crippen LogP contribution in [0, 0.1) is 0 Å². The van der Waals surface area contributed by atoms with Gasteiger partial charge in [-0.25, -0.2) is 0 Å². The lowest BCUT2D eigenvalue weighted by atomic mass is 10.2. The number of fused-ring (bicyclic) bond motifs is 1. The second kappa shape index (κ2) is 6.78. The van der Waals surface area contributed by atoms with Crippen LogP contribution < -0.4 is 14.8 Å². The zero-order valence-electron chi connectivity index (χ0n) is 13.5. The SMILES string of the molecule is CCCOc1ccc(/C=c2/sc3nc(-c4cccs4)nn3c2=O)cc1. The molecule has 0 unspecified atom stereocenters. The first kappa shape index (κ1) is 16.0. The zero-order chi connectivity index (χ0) is 17.2. The van der Waals surface area contributed by atoms with Gasteiger partial charge in [0.1, 0.15) is 5.75 Å². The molecule has 0 bridgehead atoms. The lowest BCUT2D eigenvalue weighted by molar-refractivity contribution is 0.317. The van der Waals surface area contributed by atoms with Gasteiger partial charge in [0.05, 0.1) is 16.0 Å². The molecule has 126 valence electrons. The number of hydrogen-bond acceptors (Lipinski definition) is 6. The van der Waals surface area contributed by atoms with Crippen molar-refractivity contribution in [3.05, 3.63) is 62.2 Å². The molecular formula is C18H15N3O2S2. The van der Waals surface area contributed by atoms with Crippen molar-refractivity contribution in [2.45, 2.75) is 13.3 Å². The highest BCUT2D eigenvalue weighted by atomic mass is 32.1. The molecule has 0 aliphatic rings. The van der Waals surface area contributed by atoms with Crippen molar-refractivity contribution in [3.63, 3.8) is 0 Å². The van der Waals surface area contributed by atoms with Gasteiger partial charge in [-0.3, -0.25) is 4.79 Å². The summed E-state index contributed by atoms with van der Waals surface area (Å²) in [5, 5.41) is 6.31. The molecule has 7 heteroatoms. The second-order valence-electron chi connectivity index (χ2n) is 5.44. The Balaban J connectivity index is 1.67. The van der Waals surface area contributed by atoms with Crippen molar-refractivity contribution in [2.24, 2.45) is 0 Å². The van der Waals surface area contributed by atoms with Crippen molar-refractivity contribution in [1.29, 1.82) is 0 Å². The Kier molecular flexibility index (Phi) is 4.33. The minimum Gasteiger partial charge on any atom is -0.494 e. The van der Waals surface area contributed by atoms with Crippen LogP contribution in [-0.2, 0) is 0 Å². The van der Waals surface area contributed by atoms with Gasteiger partial charge in [-0.05, 0) is 41.6 Å². The van der Waals surface area contributed by atoms with Crippen molar-refractivity contribution in [1.82, 2.24) is 14.6 Å². The Morgan fingerprint density at radius 3 is 2.76 bits per heavy atom. The first-order valence-corrected chi connectivity index (χ1v) is 9.62. The third kappa shape index (κ3) is 3.20. The summed E-state index contributed by atoms with van der Waals surface area (Å²) in [5.41, 5.74) is 0.811. The molecule has 1 aromatic carbocycles. The Hall–Kier alpha value is -2.51. The molecule has 0 saturated carbocycles. The monoisotopic (exact) mass is 369 g/mol. The quantitative estimate of drug-likeness (QED) is 0.542. The molecule has 0 N–H and O–H groups in total. The van der Waals surface area contributed by atoms with E-state index in [2.05, 4.69) is 17.0 Å². The first-order valence-electron chi connectivity index (χ1n) is 7.92. The van der Waals surface area contributed by atoms with Gasteiger partial charge in [0, 0.05) is 0 Å². The number of thiophene rings is 1. The maximum absolute atomic E-state index is 12.5. The summed E-state index contributed by atoms with van der Waals surface area (Å²) in [6.45, 7) is 2.77. The van der Waals surface area contributed by atoms with Gasteiger partial charge in [-0.2, -0.15) is 9.50 Å². The largest absolute Gasteiger partial charge is 0.494 e. The maximum atomic E-state index is 12.5. The van der Waals surface area contributed by atoms with Gasteiger partial charge in [0.15, 0.2) is 5.82 Å². The fourth-order valence-electron chi connectivity index (χ4n) is 2.38. The molecule has 5 nitrogen and oxygen atoms in total. The minimum absolute atomic E-state index is 0.137. The van der Waals surface area contributed by atoms with E-state index in [1.807, 2.05) is 47.9 Å².